The highest BCUT2D eigenvalue weighted by atomic mass is 16.2. The molecule has 4 heteroatoms. The highest BCUT2D eigenvalue weighted by Gasteiger charge is 2.60. The lowest BCUT2D eigenvalue weighted by Crippen LogP contribution is -2.46. The first-order chi connectivity index (χ1) is 11.0. The molecule has 0 spiro atoms. The van der Waals surface area contributed by atoms with E-state index in [2.05, 4.69) is 13.8 Å². The van der Waals surface area contributed by atoms with E-state index < -0.39 is 5.92 Å². The van der Waals surface area contributed by atoms with E-state index in [1.165, 1.54) is 10.5 Å². The second-order valence-corrected chi connectivity index (χ2v) is 7.42. The lowest BCUT2D eigenvalue weighted by Gasteiger charge is -2.41. The molecule has 4 nitrogen and oxygen atoms in total. The fourth-order valence-electron chi connectivity index (χ4n) is 4.65. The molecule has 1 aromatic rings. The van der Waals surface area contributed by atoms with Gasteiger partial charge in [-0.05, 0) is 42.4 Å². The molecule has 120 valence electrons. The summed E-state index contributed by atoms with van der Waals surface area (Å²) >= 11 is 0. The number of carbonyl (C=O) groups excluding carboxylic acids is 3. The fourth-order valence-corrected chi connectivity index (χ4v) is 4.65. The van der Waals surface area contributed by atoms with Gasteiger partial charge in [-0.3, -0.25) is 19.3 Å². The highest BCUT2D eigenvalue weighted by molar-refractivity contribution is 6.23. The Morgan fingerprint density at radius 3 is 2.22 bits per heavy atom. The van der Waals surface area contributed by atoms with Crippen molar-refractivity contribution in [1.29, 1.82) is 0 Å². The smallest absolute Gasteiger partial charge is 0.238 e. The number of fused-ring (bicyclic) bond motifs is 2. The molecule has 5 rings (SSSR count). The van der Waals surface area contributed by atoms with Crippen molar-refractivity contribution < 1.29 is 14.4 Å². The van der Waals surface area contributed by atoms with Gasteiger partial charge in [0.15, 0.2) is 0 Å². The van der Waals surface area contributed by atoms with E-state index in [0.29, 0.717) is 18.0 Å². The zero-order valence-corrected chi connectivity index (χ0v) is 13.5. The van der Waals surface area contributed by atoms with E-state index in [9.17, 15) is 14.4 Å². The Kier molecular flexibility index (Phi) is 3.19. The van der Waals surface area contributed by atoms with Gasteiger partial charge < -0.3 is 0 Å². The van der Waals surface area contributed by atoms with Gasteiger partial charge in [0.25, 0.3) is 0 Å². The standard InChI is InChI=1S/C19H21NO3/c1-10(2)11-3-6-13(7-4-11)20-18(22)16-12-5-8-14(15(21)9-12)17(16)19(20)23/h3-4,6-7,10,12,14,16-17H,5,8-9H2,1-2H3/t12-,14+,16+,17-/m0/s1. The number of imide groups is 1. The Labute approximate surface area is 135 Å². The van der Waals surface area contributed by atoms with E-state index in [0.717, 1.165) is 12.8 Å². The Morgan fingerprint density at radius 2 is 1.61 bits per heavy atom. The maximum atomic E-state index is 12.9. The van der Waals surface area contributed by atoms with Crippen molar-refractivity contribution in [1.82, 2.24) is 0 Å². The van der Waals surface area contributed by atoms with Gasteiger partial charge in [-0.25, -0.2) is 0 Å². The van der Waals surface area contributed by atoms with Crippen LogP contribution in [0.4, 0.5) is 5.69 Å². The maximum absolute atomic E-state index is 12.9. The molecule has 4 aliphatic rings. The molecule has 1 saturated heterocycles. The summed E-state index contributed by atoms with van der Waals surface area (Å²) in [4.78, 5) is 39.2. The van der Waals surface area contributed by atoms with Crippen LogP contribution in [0, 0.1) is 23.7 Å². The number of rotatable bonds is 2. The van der Waals surface area contributed by atoms with Crippen LogP contribution in [0.3, 0.4) is 0 Å². The number of Topliss-reactive ketones (excluding diaryl/α,β-unsaturated/α-hetero) is 1. The Morgan fingerprint density at radius 1 is 0.957 bits per heavy atom. The lowest BCUT2D eigenvalue weighted by atomic mass is 9.59. The first-order valence-corrected chi connectivity index (χ1v) is 8.49. The average molecular weight is 311 g/mol. The summed E-state index contributed by atoms with van der Waals surface area (Å²) in [5.74, 6) is -0.531. The van der Waals surface area contributed by atoms with E-state index in [1.54, 1.807) is 0 Å². The molecule has 4 atom stereocenters. The van der Waals surface area contributed by atoms with Crippen LogP contribution in [-0.2, 0) is 14.4 Å². The van der Waals surface area contributed by atoms with Crippen molar-refractivity contribution in [2.24, 2.45) is 23.7 Å². The van der Waals surface area contributed by atoms with Crippen LogP contribution in [0.25, 0.3) is 0 Å². The molecule has 23 heavy (non-hydrogen) atoms. The van der Waals surface area contributed by atoms with Crippen molar-refractivity contribution in [2.75, 3.05) is 4.90 Å². The van der Waals surface area contributed by atoms with E-state index >= 15 is 0 Å². The van der Waals surface area contributed by atoms with Crippen molar-refractivity contribution >= 4 is 23.3 Å². The van der Waals surface area contributed by atoms with Crippen molar-refractivity contribution in [3.63, 3.8) is 0 Å². The monoisotopic (exact) mass is 311 g/mol. The van der Waals surface area contributed by atoms with E-state index in [4.69, 9.17) is 0 Å². The molecule has 3 saturated carbocycles. The Hall–Kier alpha value is -1.97. The average Bonchev–Trinajstić information content (AvgIpc) is 2.81. The normalized spacial score (nSPS) is 32.8. The second-order valence-electron chi connectivity index (χ2n) is 7.42. The summed E-state index contributed by atoms with van der Waals surface area (Å²) < 4.78 is 0. The number of nitrogens with zero attached hydrogens (tertiary/aromatic N) is 1. The third-order valence-corrected chi connectivity index (χ3v) is 5.88. The van der Waals surface area contributed by atoms with Crippen LogP contribution in [-0.4, -0.2) is 17.6 Å². The largest absolute Gasteiger partial charge is 0.299 e. The molecule has 0 radical (unpaired) electrons. The number of anilines is 1. The molecule has 0 unspecified atom stereocenters. The van der Waals surface area contributed by atoms with Gasteiger partial charge in [-0.15, -0.1) is 0 Å². The van der Waals surface area contributed by atoms with Gasteiger partial charge in [0.1, 0.15) is 5.78 Å². The fraction of sp³-hybridized carbons (Fsp3) is 0.526. The molecule has 3 aliphatic carbocycles. The topological polar surface area (TPSA) is 54.5 Å². The molecule has 0 N–H and O–H groups in total. The van der Waals surface area contributed by atoms with Crippen molar-refractivity contribution in [3.05, 3.63) is 29.8 Å². The van der Waals surface area contributed by atoms with Crippen LogP contribution in [0.5, 0.6) is 0 Å². The quantitative estimate of drug-likeness (QED) is 0.789. The van der Waals surface area contributed by atoms with Gasteiger partial charge in [0, 0.05) is 12.3 Å². The van der Waals surface area contributed by atoms with Crippen LogP contribution in [0.2, 0.25) is 0 Å². The zero-order valence-electron chi connectivity index (χ0n) is 13.5. The van der Waals surface area contributed by atoms with Crippen LogP contribution >= 0.6 is 0 Å². The number of amides is 2. The SMILES string of the molecule is CC(C)c1ccc(N2C(=O)[C@@H]3[C@H]4CC[C@H](C(=O)C4)[C@@H]3C2=O)cc1. The van der Waals surface area contributed by atoms with Crippen molar-refractivity contribution in [3.8, 4) is 0 Å². The lowest BCUT2D eigenvalue weighted by molar-refractivity contribution is -0.143. The molecule has 0 aromatic heterocycles. The van der Waals surface area contributed by atoms with Crippen LogP contribution < -0.4 is 4.90 Å². The van der Waals surface area contributed by atoms with Gasteiger partial charge in [-0.2, -0.15) is 0 Å². The summed E-state index contributed by atoms with van der Waals surface area (Å²) in [6.45, 7) is 4.22. The molecule has 1 aromatic carbocycles. The number of benzene rings is 1. The summed E-state index contributed by atoms with van der Waals surface area (Å²) in [5, 5.41) is 0. The third-order valence-electron chi connectivity index (χ3n) is 5.88. The summed E-state index contributed by atoms with van der Waals surface area (Å²) in [6.07, 6.45) is 2.14. The van der Waals surface area contributed by atoms with Crippen LogP contribution in [0.1, 0.15) is 44.6 Å². The van der Waals surface area contributed by atoms with Crippen LogP contribution in [0.15, 0.2) is 24.3 Å². The molecule has 1 aliphatic heterocycles. The minimum atomic E-state index is -0.410. The van der Waals surface area contributed by atoms with E-state index in [-0.39, 0.29) is 35.4 Å². The maximum Gasteiger partial charge on any atom is 0.238 e. The summed E-state index contributed by atoms with van der Waals surface area (Å²) in [6, 6.07) is 7.66. The number of carbonyl (C=O) groups is 3. The summed E-state index contributed by atoms with van der Waals surface area (Å²) in [5.41, 5.74) is 1.83. The number of ketones is 1. The summed E-state index contributed by atoms with van der Waals surface area (Å²) in [7, 11) is 0. The minimum absolute atomic E-state index is 0.0638. The number of hydrogen-bond acceptors (Lipinski definition) is 3. The van der Waals surface area contributed by atoms with Gasteiger partial charge >= 0.3 is 0 Å². The predicted octanol–water partition coefficient (Wildman–Crippen LogP) is 2.91. The van der Waals surface area contributed by atoms with Crippen molar-refractivity contribution in [2.45, 2.75) is 39.0 Å². The molecular weight excluding hydrogens is 290 g/mol. The second kappa shape index (κ2) is 5.02. The number of hydrogen-bond donors (Lipinski definition) is 0. The first-order valence-electron chi connectivity index (χ1n) is 8.49. The third kappa shape index (κ3) is 2.00. The Balaban J connectivity index is 1.69. The van der Waals surface area contributed by atoms with Gasteiger partial charge in [0.05, 0.1) is 17.5 Å². The molecule has 1 heterocycles. The minimum Gasteiger partial charge on any atom is -0.299 e. The highest BCUT2D eigenvalue weighted by Crippen LogP contribution is 2.52. The van der Waals surface area contributed by atoms with Gasteiger partial charge in [0.2, 0.25) is 11.8 Å². The molecule has 4 fully saturated rings. The van der Waals surface area contributed by atoms with Gasteiger partial charge in [-0.1, -0.05) is 26.0 Å². The molecule has 2 amide bonds. The Bertz CT molecular complexity index is 691. The zero-order chi connectivity index (χ0) is 16.3. The first kappa shape index (κ1) is 14.6. The predicted molar refractivity (Wildman–Crippen MR) is 85.8 cm³/mol. The molecule has 2 bridgehead atoms. The molecular formula is C19H21NO3. The van der Waals surface area contributed by atoms with E-state index in [1.807, 2.05) is 24.3 Å².